The molecular formula is C14H23N5. The SMILES string of the molecule is Cc1ccc(C(=N)N)c(N2CCC(N(C)C)CC2)n1. The van der Waals surface area contributed by atoms with Gasteiger partial charge < -0.3 is 15.5 Å². The lowest BCUT2D eigenvalue weighted by molar-refractivity contribution is 0.249. The van der Waals surface area contributed by atoms with Gasteiger partial charge in [0.15, 0.2) is 0 Å². The summed E-state index contributed by atoms with van der Waals surface area (Å²) in [6.07, 6.45) is 2.25. The molecule has 5 nitrogen and oxygen atoms in total. The molecule has 3 N–H and O–H groups in total. The van der Waals surface area contributed by atoms with Crippen molar-refractivity contribution < 1.29 is 0 Å². The average Bonchev–Trinajstić information content (AvgIpc) is 2.38. The van der Waals surface area contributed by atoms with E-state index in [0.29, 0.717) is 6.04 Å². The second-order valence-electron chi connectivity index (χ2n) is 5.42. The van der Waals surface area contributed by atoms with Crippen LogP contribution in [0.5, 0.6) is 0 Å². The molecule has 0 aromatic carbocycles. The van der Waals surface area contributed by atoms with Crippen molar-refractivity contribution in [2.45, 2.75) is 25.8 Å². The molecule has 0 atom stereocenters. The summed E-state index contributed by atoms with van der Waals surface area (Å²) < 4.78 is 0. The van der Waals surface area contributed by atoms with Crippen LogP contribution in [-0.4, -0.2) is 48.9 Å². The molecule has 1 aromatic rings. The standard InChI is InChI=1S/C14H23N5/c1-10-4-5-12(13(15)16)14(17-10)19-8-6-11(7-9-19)18(2)3/h4-5,11H,6-9H2,1-3H3,(H3,15,16). The third-order valence-electron chi connectivity index (χ3n) is 3.80. The van der Waals surface area contributed by atoms with Crippen molar-refractivity contribution in [3.05, 3.63) is 23.4 Å². The van der Waals surface area contributed by atoms with E-state index < -0.39 is 0 Å². The number of hydrogen-bond acceptors (Lipinski definition) is 4. The third-order valence-corrected chi connectivity index (χ3v) is 3.80. The first-order valence-electron chi connectivity index (χ1n) is 6.72. The van der Waals surface area contributed by atoms with Gasteiger partial charge in [0.1, 0.15) is 11.7 Å². The van der Waals surface area contributed by atoms with Crippen molar-refractivity contribution in [2.24, 2.45) is 5.73 Å². The lowest BCUT2D eigenvalue weighted by atomic mass is 10.0. The Morgan fingerprint density at radius 2 is 2.00 bits per heavy atom. The molecule has 5 heteroatoms. The molecule has 0 saturated carbocycles. The number of hydrogen-bond donors (Lipinski definition) is 2. The molecule has 2 rings (SSSR count). The van der Waals surface area contributed by atoms with Gasteiger partial charge in [-0.25, -0.2) is 4.98 Å². The third kappa shape index (κ3) is 3.04. The fourth-order valence-electron chi connectivity index (χ4n) is 2.59. The maximum absolute atomic E-state index is 7.68. The van der Waals surface area contributed by atoms with E-state index in [1.54, 1.807) is 0 Å². The summed E-state index contributed by atoms with van der Waals surface area (Å²) in [6, 6.07) is 4.45. The van der Waals surface area contributed by atoms with Gasteiger partial charge in [-0.3, -0.25) is 5.41 Å². The minimum atomic E-state index is 0.0947. The fraction of sp³-hybridized carbons (Fsp3) is 0.571. The first-order chi connectivity index (χ1) is 8.99. The van der Waals surface area contributed by atoms with Crippen molar-refractivity contribution >= 4 is 11.7 Å². The molecule has 1 aromatic heterocycles. The Morgan fingerprint density at radius 1 is 1.37 bits per heavy atom. The van der Waals surface area contributed by atoms with E-state index in [0.717, 1.165) is 43.0 Å². The average molecular weight is 261 g/mol. The van der Waals surface area contributed by atoms with Crippen molar-refractivity contribution in [1.29, 1.82) is 5.41 Å². The number of pyridine rings is 1. The zero-order valence-electron chi connectivity index (χ0n) is 12.0. The molecular weight excluding hydrogens is 238 g/mol. The molecule has 0 radical (unpaired) electrons. The van der Waals surface area contributed by atoms with Gasteiger partial charge in [0.25, 0.3) is 0 Å². The molecule has 0 amide bonds. The molecule has 0 bridgehead atoms. The predicted molar refractivity (Wildman–Crippen MR) is 78.9 cm³/mol. The Kier molecular flexibility index (Phi) is 4.04. The van der Waals surface area contributed by atoms with Gasteiger partial charge in [-0.1, -0.05) is 0 Å². The normalized spacial score (nSPS) is 16.9. The molecule has 1 aliphatic heterocycles. The Balaban J connectivity index is 2.19. The Hall–Kier alpha value is -1.62. The summed E-state index contributed by atoms with van der Waals surface area (Å²) in [5.74, 6) is 0.960. The van der Waals surface area contributed by atoms with Crippen molar-refractivity contribution in [3.8, 4) is 0 Å². The first kappa shape index (κ1) is 13.8. The van der Waals surface area contributed by atoms with Gasteiger partial charge in [-0.05, 0) is 46.0 Å². The smallest absolute Gasteiger partial charge is 0.139 e. The van der Waals surface area contributed by atoms with Gasteiger partial charge in [-0.15, -0.1) is 0 Å². The number of nitrogens with zero attached hydrogens (tertiary/aromatic N) is 3. The van der Waals surface area contributed by atoms with E-state index in [-0.39, 0.29) is 5.84 Å². The molecule has 0 unspecified atom stereocenters. The maximum atomic E-state index is 7.68. The number of aromatic nitrogens is 1. The minimum Gasteiger partial charge on any atom is -0.384 e. The van der Waals surface area contributed by atoms with Gasteiger partial charge >= 0.3 is 0 Å². The molecule has 0 spiro atoms. The van der Waals surface area contributed by atoms with Crippen molar-refractivity contribution in [2.75, 3.05) is 32.1 Å². The van der Waals surface area contributed by atoms with E-state index in [2.05, 4.69) is 28.9 Å². The highest BCUT2D eigenvalue weighted by Gasteiger charge is 2.23. The number of nitrogen functional groups attached to an aromatic ring is 1. The number of aryl methyl sites for hydroxylation is 1. The quantitative estimate of drug-likeness (QED) is 0.634. The second-order valence-corrected chi connectivity index (χ2v) is 5.42. The molecule has 19 heavy (non-hydrogen) atoms. The highest BCUT2D eigenvalue weighted by Crippen LogP contribution is 2.23. The zero-order valence-corrected chi connectivity index (χ0v) is 12.0. The monoisotopic (exact) mass is 261 g/mol. The molecule has 104 valence electrons. The molecule has 1 fully saturated rings. The largest absolute Gasteiger partial charge is 0.384 e. The highest BCUT2D eigenvalue weighted by atomic mass is 15.2. The summed E-state index contributed by atoms with van der Waals surface area (Å²) in [5, 5.41) is 7.68. The molecule has 1 saturated heterocycles. The molecule has 1 aliphatic rings. The van der Waals surface area contributed by atoms with E-state index in [1.807, 2.05) is 19.1 Å². The summed E-state index contributed by atoms with van der Waals surface area (Å²) in [5.41, 5.74) is 7.37. The Labute approximate surface area is 114 Å². The predicted octanol–water partition coefficient (Wildman–Crippen LogP) is 1.20. The minimum absolute atomic E-state index is 0.0947. The van der Waals surface area contributed by atoms with Crippen LogP contribution in [0.1, 0.15) is 24.1 Å². The summed E-state index contributed by atoms with van der Waals surface area (Å²) in [4.78, 5) is 9.12. The lowest BCUT2D eigenvalue weighted by Gasteiger charge is -2.36. The van der Waals surface area contributed by atoms with Gasteiger partial charge in [-0.2, -0.15) is 0 Å². The Bertz CT molecular complexity index is 461. The van der Waals surface area contributed by atoms with E-state index in [1.165, 1.54) is 0 Å². The van der Waals surface area contributed by atoms with Crippen LogP contribution >= 0.6 is 0 Å². The van der Waals surface area contributed by atoms with Crippen LogP contribution in [0.15, 0.2) is 12.1 Å². The maximum Gasteiger partial charge on any atom is 0.139 e. The fourth-order valence-corrected chi connectivity index (χ4v) is 2.59. The van der Waals surface area contributed by atoms with Crippen molar-refractivity contribution in [3.63, 3.8) is 0 Å². The van der Waals surface area contributed by atoms with Crippen LogP contribution in [0.3, 0.4) is 0 Å². The topological polar surface area (TPSA) is 69.2 Å². The number of nitrogens with one attached hydrogen (secondary N) is 1. The van der Waals surface area contributed by atoms with Crippen LogP contribution in [0.25, 0.3) is 0 Å². The second kappa shape index (κ2) is 5.57. The van der Waals surface area contributed by atoms with E-state index in [4.69, 9.17) is 11.1 Å². The lowest BCUT2D eigenvalue weighted by Crippen LogP contribution is -2.43. The van der Waals surface area contributed by atoms with Gasteiger partial charge in [0.05, 0.1) is 5.56 Å². The van der Waals surface area contributed by atoms with Crippen LogP contribution in [0.2, 0.25) is 0 Å². The highest BCUT2D eigenvalue weighted by molar-refractivity contribution is 5.99. The van der Waals surface area contributed by atoms with Crippen LogP contribution in [0, 0.1) is 12.3 Å². The Morgan fingerprint density at radius 3 is 2.53 bits per heavy atom. The van der Waals surface area contributed by atoms with Gasteiger partial charge in [0, 0.05) is 24.8 Å². The first-order valence-corrected chi connectivity index (χ1v) is 6.72. The number of rotatable bonds is 3. The number of nitrogens with two attached hydrogens (primary N) is 1. The van der Waals surface area contributed by atoms with E-state index >= 15 is 0 Å². The van der Waals surface area contributed by atoms with Crippen molar-refractivity contribution in [1.82, 2.24) is 9.88 Å². The van der Waals surface area contributed by atoms with E-state index in [9.17, 15) is 0 Å². The van der Waals surface area contributed by atoms with Crippen LogP contribution in [-0.2, 0) is 0 Å². The summed E-state index contributed by atoms with van der Waals surface area (Å²) >= 11 is 0. The van der Waals surface area contributed by atoms with Crippen LogP contribution in [0.4, 0.5) is 5.82 Å². The molecule has 2 heterocycles. The summed E-state index contributed by atoms with van der Waals surface area (Å²) in [7, 11) is 4.26. The number of amidine groups is 1. The number of anilines is 1. The summed E-state index contributed by atoms with van der Waals surface area (Å²) in [6.45, 7) is 3.92. The van der Waals surface area contributed by atoms with Crippen LogP contribution < -0.4 is 10.6 Å². The van der Waals surface area contributed by atoms with Gasteiger partial charge in [0.2, 0.25) is 0 Å². The molecule has 0 aliphatic carbocycles. The number of piperidine rings is 1. The zero-order chi connectivity index (χ0) is 14.0.